The third kappa shape index (κ3) is 3.54. The molecule has 1 aromatic heterocycles. The first-order valence-electron chi connectivity index (χ1n) is 9.31. The molecule has 2 aliphatic rings. The third-order valence-electron chi connectivity index (χ3n) is 5.42. The monoisotopic (exact) mass is 368 g/mol. The normalized spacial score (nSPS) is 16.3. The van der Waals surface area contributed by atoms with Crippen molar-refractivity contribution in [3.8, 4) is 11.5 Å². The van der Waals surface area contributed by atoms with Crippen LogP contribution in [0.4, 0.5) is 11.6 Å². The summed E-state index contributed by atoms with van der Waals surface area (Å²) in [5, 5.41) is 11.4. The lowest BCUT2D eigenvalue weighted by Gasteiger charge is -2.30. The Balaban J connectivity index is 1.46. The van der Waals surface area contributed by atoms with Gasteiger partial charge in [0, 0.05) is 19.0 Å². The van der Waals surface area contributed by atoms with E-state index in [4.69, 9.17) is 9.47 Å². The number of aromatic nitrogens is 2. The van der Waals surface area contributed by atoms with Crippen LogP contribution in [0.1, 0.15) is 30.4 Å². The van der Waals surface area contributed by atoms with Crippen LogP contribution in [0.15, 0.2) is 24.3 Å². The number of anilines is 2. The van der Waals surface area contributed by atoms with Gasteiger partial charge in [-0.1, -0.05) is 6.42 Å². The van der Waals surface area contributed by atoms with Crippen LogP contribution in [0.2, 0.25) is 0 Å². The van der Waals surface area contributed by atoms with E-state index in [1.807, 2.05) is 18.2 Å². The van der Waals surface area contributed by atoms with Gasteiger partial charge in [0.2, 0.25) is 5.91 Å². The van der Waals surface area contributed by atoms with Crippen molar-refractivity contribution in [2.24, 2.45) is 5.92 Å². The Morgan fingerprint density at radius 2 is 1.85 bits per heavy atom. The summed E-state index contributed by atoms with van der Waals surface area (Å²) >= 11 is 0. The number of benzene rings is 1. The minimum absolute atomic E-state index is 0.0521. The Morgan fingerprint density at radius 3 is 2.44 bits per heavy atom. The van der Waals surface area contributed by atoms with Crippen molar-refractivity contribution >= 4 is 17.5 Å². The molecule has 1 saturated carbocycles. The minimum atomic E-state index is 0.0521. The van der Waals surface area contributed by atoms with Gasteiger partial charge in [0.15, 0.2) is 23.1 Å². The lowest BCUT2D eigenvalue weighted by atomic mass is 9.85. The summed E-state index contributed by atoms with van der Waals surface area (Å²) in [7, 11) is 3.30. The molecule has 7 heteroatoms. The van der Waals surface area contributed by atoms with Crippen molar-refractivity contribution < 1.29 is 14.3 Å². The van der Waals surface area contributed by atoms with Crippen LogP contribution < -0.4 is 19.7 Å². The molecule has 7 nitrogen and oxygen atoms in total. The van der Waals surface area contributed by atoms with Crippen LogP contribution in [0.5, 0.6) is 11.5 Å². The van der Waals surface area contributed by atoms with E-state index >= 15 is 0 Å². The van der Waals surface area contributed by atoms with Gasteiger partial charge in [-0.3, -0.25) is 4.79 Å². The maximum absolute atomic E-state index is 12.0. The molecule has 1 amide bonds. The molecule has 1 aliphatic heterocycles. The Labute approximate surface area is 158 Å². The smallest absolute Gasteiger partial charge is 0.228 e. The lowest BCUT2D eigenvalue weighted by molar-refractivity contribution is -0.122. The molecule has 2 aromatic rings. The van der Waals surface area contributed by atoms with Crippen LogP contribution in [0.3, 0.4) is 0 Å². The van der Waals surface area contributed by atoms with E-state index in [9.17, 15) is 4.79 Å². The number of nitrogens with one attached hydrogen (secondary N) is 1. The van der Waals surface area contributed by atoms with Crippen molar-refractivity contribution in [3.05, 3.63) is 35.4 Å². The highest BCUT2D eigenvalue weighted by molar-refractivity contribution is 5.92. The second-order valence-electron chi connectivity index (χ2n) is 7.04. The molecule has 0 saturated heterocycles. The summed E-state index contributed by atoms with van der Waals surface area (Å²) in [6, 6.07) is 7.81. The summed E-state index contributed by atoms with van der Waals surface area (Å²) in [6.07, 6.45) is 3.98. The number of carbonyl (C=O) groups is 1. The molecular formula is C20H24N4O3. The number of ether oxygens (including phenoxy) is 2. The van der Waals surface area contributed by atoms with Crippen LogP contribution in [0.25, 0.3) is 0 Å². The van der Waals surface area contributed by atoms with Crippen molar-refractivity contribution in [2.75, 3.05) is 31.0 Å². The summed E-state index contributed by atoms with van der Waals surface area (Å²) < 4.78 is 10.8. The fourth-order valence-electron chi connectivity index (χ4n) is 3.54. The summed E-state index contributed by atoms with van der Waals surface area (Å²) in [5.41, 5.74) is 2.46. The maximum Gasteiger partial charge on any atom is 0.228 e. The van der Waals surface area contributed by atoms with Gasteiger partial charge < -0.3 is 19.7 Å². The second-order valence-corrected chi connectivity index (χ2v) is 7.04. The summed E-state index contributed by atoms with van der Waals surface area (Å²) in [5.74, 6) is 3.00. The highest BCUT2D eigenvalue weighted by atomic mass is 16.5. The van der Waals surface area contributed by atoms with E-state index in [0.29, 0.717) is 5.82 Å². The number of fused-ring (bicyclic) bond motifs is 1. The van der Waals surface area contributed by atoms with Gasteiger partial charge in [0.1, 0.15) is 0 Å². The number of rotatable bonds is 5. The molecule has 27 heavy (non-hydrogen) atoms. The quantitative estimate of drug-likeness (QED) is 0.875. The topological polar surface area (TPSA) is 76.6 Å². The van der Waals surface area contributed by atoms with E-state index in [1.165, 1.54) is 11.1 Å². The molecule has 2 heterocycles. The van der Waals surface area contributed by atoms with Crippen molar-refractivity contribution in [3.63, 3.8) is 0 Å². The molecule has 0 spiro atoms. The molecule has 142 valence electrons. The standard InChI is InChI=1S/C20H24N4O3/c1-26-16-10-14-8-9-24(12-15(14)11-17(16)27-2)19-7-6-18(22-23-19)21-20(25)13-4-3-5-13/h6-7,10-11,13H,3-5,8-9,12H2,1-2H3,(H,21,22,25). The second kappa shape index (κ2) is 7.42. The molecule has 1 aliphatic carbocycles. The molecule has 1 N–H and O–H groups in total. The Morgan fingerprint density at radius 1 is 1.11 bits per heavy atom. The minimum Gasteiger partial charge on any atom is -0.493 e. The van der Waals surface area contributed by atoms with Gasteiger partial charge in [0.25, 0.3) is 0 Å². The van der Waals surface area contributed by atoms with Crippen LogP contribution >= 0.6 is 0 Å². The zero-order valence-corrected chi connectivity index (χ0v) is 15.7. The van der Waals surface area contributed by atoms with Gasteiger partial charge in [0.05, 0.1) is 14.2 Å². The summed E-state index contributed by atoms with van der Waals surface area (Å²) in [6.45, 7) is 1.59. The van der Waals surface area contributed by atoms with Gasteiger partial charge in [-0.05, 0) is 54.7 Å². The zero-order chi connectivity index (χ0) is 18.8. The van der Waals surface area contributed by atoms with Crippen LogP contribution in [-0.2, 0) is 17.8 Å². The molecule has 1 aromatic carbocycles. The molecule has 0 unspecified atom stereocenters. The first-order valence-corrected chi connectivity index (χ1v) is 9.31. The average Bonchev–Trinajstić information content (AvgIpc) is 2.65. The number of nitrogens with zero attached hydrogens (tertiary/aromatic N) is 3. The molecule has 0 atom stereocenters. The van der Waals surface area contributed by atoms with Crippen molar-refractivity contribution in [1.29, 1.82) is 0 Å². The third-order valence-corrected chi connectivity index (χ3v) is 5.42. The van der Waals surface area contributed by atoms with Crippen LogP contribution in [0, 0.1) is 5.92 Å². The number of hydrogen-bond donors (Lipinski definition) is 1. The van der Waals surface area contributed by atoms with E-state index in [1.54, 1.807) is 14.2 Å². The van der Waals surface area contributed by atoms with E-state index in [0.717, 1.165) is 56.1 Å². The molecule has 4 rings (SSSR count). The fourth-order valence-corrected chi connectivity index (χ4v) is 3.54. The predicted octanol–water partition coefficient (Wildman–Crippen LogP) is 2.80. The van der Waals surface area contributed by atoms with E-state index in [-0.39, 0.29) is 11.8 Å². The largest absolute Gasteiger partial charge is 0.493 e. The number of hydrogen-bond acceptors (Lipinski definition) is 6. The van der Waals surface area contributed by atoms with Gasteiger partial charge in [-0.25, -0.2) is 0 Å². The SMILES string of the molecule is COc1cc2c(cc1OC)CN(c1ccc(NC(=O)C3CCC3)nn1)CC2. The highest BCUT2D eigenvalue weighted by Crippen LogP contribution is 2.34. The number of carbonyl (C=O) groups excluding carboxylic acids is 1. The first kappa shape index (κ1) is 17.6. The van der Waals surface area contributed by atoms with E-state index < -0.39 is 0 Å². The maximum atomic E-state index is 12.0. The Hall–Kier alpha value is -2.83. The zero-order valence-electron chi connectivity index (χ0n) is 15.7. The number of methoxy groups -OCH3 is 2. The lowest BCUT2D eigenvalue weighted by Crippen LogP contribution is -2.31. The van der Waals surface area contributed by atoms with Crippen molar-refractivity contribution in [1.82, 2.24) is 10.2 Å². The first-order chi connectivity index (χ1) is 13.2. The molecule has 1 fully saturated rings. The fraction of sp³-hybridized carbons (Fsp3) is 0.450. The number of amides is 1. The van der Waals surface area contributed by atoms with E-state index in [2.05, 4.69) is 26.5 Å². The van der Waals surface area contributed by atoms with Crippen LogP contribution in [-0.4, -0.2) is 36.9 Å². The van der Waals surface area contributed by atoms with Gasteiger partial charge >= 0.3 is 0 Å². The van der Waals surface area contributed by atoms with Gasteiger partial charge in [-0.2, -0.15) is 0 Å². The summed E-state index contributed by atoms with van der Waals surface area (Å²) in [4.78, 5) is 14.2. The Bertz CT molecular complexity index is 834. The molecule has 0 bridgehead atoms. The van der Waals surface area contributed by atoms with Crippen molar-refractivity contribution in [2.45, 2.75) is 32.2 Å². The average molecular weight is 368 g/mol. The highest BCUT2D eigenvalue weighted by Gasteiger charge is 2.26. The van der Waals surface area contributed by atoms with Gasteiger partial charge in [-0.15, -0.1) is 10.2 Å². The molecule has 0 radical (unpaired) electrons. The predicted molar refractivity (Wildman–Crippen MR) is 102 cm³/mol. The molecular weight excluding hydrogens is 344 g/mol. The Kier molecular flexibility index (Phi) is 4.83.